The first-order valence-corrected chi connectivity index (χ1v) is 9.90. The van der Waals surface area contributed by atoms with Gasteiger partial charge < -0.3 is 19.7 Å². The van der Waals surface area contributed by atoms with Crippen molar-refractivity contribution in [1.29, 1.82) is 0 Å². The second kappa shape index (κ2) is 13.6. The number of hydrogen-bond donors (Lipinski definition) is 0. The Morgan fingerprint density at radius 3 is 1.53 bits per heavy atom. The van der Waals surface area contributed by atoms with Gasteiger partial charge in [-0.3, -0.25) is 19.7 Å². The Morgan fingerprint density at radius 1 is 0.853 bits per heavy atom. The fraction of sp³-hybridized carbons (Fsp3) is 0.364. The Kier molecular flexibility index (Phi) is 11.9. The first-order chi connectivity index (χ1) is 15.8. The van der Waals surface area contributed by atoms with Crippen LogP contribution in [0.3, 0.4) is 0 Å². The fourth-order valence-electron chi connectivity index (χ4n) is 3.52. The van der Waals surface area contributed by atoms with Crippen LogP contribution in [0.4, 0.5) is 5.69 Å². The Balaban J connectivity index is 0.000000291. The number of non-ortho nitro benzene ring substituents is 1. The van der Waals surface area contributed by atoms with E-state index >= 15 is 0 Å². The molecule has 4 rings (SSSR count). The molecule has 0 unspecified atom stereocenters. The third-order valence-electron chi connectivity index (χ3n) is 5.64. The van der Waals surface area contributed by atoms with Crippen molar-refractivity contribution in [2.45, 2.75) is 36.5 Å². The smallest absolute Gasteiger partial charge is 0.635 e. The molecule has 12 heteroatoms. The monoisotopic (exact) mass is 498 g/mol. The number of nitro groups is 1. The summed E-state index contributed by atoms with van der Waals surface area (Å²) >= 11 is 0. The van der Waals surface area contributed by atoms with E-state index < -0.39 is 10.3 Å². The second-order valence-corrected chi connectivity index (χ2v) is 7.47. The number of methoxy groups -OCH3 is 2. The fourth-order valence-corrected chi connectivity index (χ4v) is 3.52. The van der Waals surface area contributed by atoms with Gasteiger partial charge in [0, 0.05) is 12.1 Å². The maximum atomic E-state index is 11.6. The van der Waals surface area contributed by atoms with E-state index in [1.807, 2.05) is 30.3 Å². The maximum absolute atomic E-state index is 11.6. The zero-order chi connectivity index (χ0) is 24.5. The molecule has 0 saturated heterocycles. The molecule has 176 valence electrons. The minimum atomic E-state index is -0.552. The van der Waals surface area contributed by atoms with E-state index in [0.717, 1.165) is 36.8 Å². The van der Waals surface area contributed by atoms with Gasteiger partial charge in [-0.05, 0) is 36.8 Å². The van der Waals surface area contributed by atoms with E-state index in [0.29, 0.717) is 0 Å². The van der Waals surface area contributed by atoms with Crippen molar-refractivity contribution in [3.05, 3.63) is 80.7 Å². The van der Waals surface area contributed by atoms with Crippen LogP contribution in [-0.4, -0.2) is 31.1 Å². The number of hydrogen-bond acceptors (Lipinski definition) is 10. The normalized spacial score (nSPS) is 15.3. The number of carbonyl (C=O) groups excluding carboxylic acids is 2. The molecule has 0 bridgehead atoms. The summed E-state index contributed by atoms with van der Waals surface area (Å²) in [7, 11) is 2.80. The molecule has 2 saturated carbocycles. The molecule has 2 aliphatic carbocycles. The van der Waals surface area contributed by atoms with Crippen molar-refractivity contribution < 1.29 is 85.6 Å². The first-order valence-electron chi connectivity index (χ1n) is 9.90. The Bertz CT molecular complexity index is 976. The summed E-state index contributed by atoms with van der Waals surface area (Å²) in [5.74, 6) is -0.361. The molecule has 2 aromatic carbocycles. The third kappa shape index (κ3) is 7.14. The molecule has 0 atom stereocenters. The molecule has 0 aliphatic heterocycles. The van der Waals surface area contributed by atoms with E-state index in [9.17, 15) is 19.7 Å². The van der Waals surface area contributed by atoms with Crippen molar-refractivity contribution in [3.8, 4) is 0 Å². The molecule has 2 fully saturated rings. The van der Waals surface area contributed by atoms with E-state index in [-0.39, 0.29) is 74.4 Å². The quantitative estimate of drug-likeness (QED) is 0.130. The summed E-state index contributed by atoms with van der Waals surface area (Å²) in [6.07, 6.45) is 3.34. The number of carbonyl (C=O) groups is 2. The second-order valence-electron chi connectivity index (χ2n) is 7.47. The van der Waals surface area contributed by atoms with Crippen molar-refractivity contribution in [2.75, 3.05) is 14.2 Å². The van der Waals surface area contributed by atoms with Crippen LogP contribution in [-0.2, 0) is 34.9 Å². The van der Waals surface area contributed by atoms with Gasteiger partial charge in [0.25, 0.3) is 5.69 Å². The largest absolute Gasteiger partial charge is 1.00 e. The summed E-state index contributed by atoms with van der Waals surface area (Å²) in [6.45, 7) is 0. The molecule has 2 aliphatic rings. The molecule has 0 spiro atoms. The summed E-state index contributed by atoms with van der Waals surface area (Å²) in [5.41, 5.74) is 1.05. The zero-order valence-electron chi connectivity index (χ0n) is 19.1. The molecule has 0 N–H and O–H groups in total. The van der Waals surface area contributed by atoms with Gasteiger partial charge in [-0.1, -0.05) is 42.5 Å². The average Bonchev–Trinajstić information content (AvgIpc) is 3.79. The third-order valence-corrected chi connectivity index (χ3v) is 5.64. The van der Waals surface area contributed by atoms with Crippen molar-refractivity contribution >= 4 is 17.6 Å². The number of rotatable bonds is 6. The molecular weight excluding hydrogens is 475 g/mol. The van der Waals surface area contributed by atoms with Crippen molar-refractivity contribution in [3.63, 3.8) is 0 Å². The molecule has 0 heterocycles. The van der Waals surface area contributed by atoms with Gasteiger partial charge in [0.2, 0.25) is 0 Å². The standard InChI is InChI=1S/C11H11NO4.C11H12O2.K.HNO3/c1-16-10(13)11(6-7-11)8-2-4-9(5-3-8)12(14)15;1-13-10(12)11(7-8-11)9-5-3-2-4-6-9;;2-1-4-3/h2-5H,6-7H2,1H3;2-6H,7-8H2,1H3;;3H/q;;+1;/p-1. The predicted molar refractivity (Wildman–Crippen MR) is 112 cm³/mol. The number of ether oxygens (including phenoxy) is 2. The van der Waals surface area contributed by atoms with Gasteiger partial charge in [-0.25, -0.2) is 0 Å². The minimum absolute atomic E-state index is 0. The maximum Gasteiger partial charge on any atom is 1.00 e. The Morgan fingerprint density at radius 2 is 1.24 bits per heavy atom. The number of nitro benzene ring substituents is 1. The minimum Gasteiger partial charge on any atom is -0.635 e. The van der Waals surface area contributed by atoms with Crippen LogP contribution in [0.15, 0.2) is 59.9 Å². The van der Waals surface area contributed by atoms with Gasteiger partial charge in [0.15, 0.2) is 0 Å². The summed E-state index contributed by atoms with van der Waals surface area (Å²) < 4.78 is 9.53. The molecule has 0 radical (unpaired) electrons. The average molecular weight is 499 g/mol. The molecule has 2 aromatic rings. The van der Waals surface area contributed by atoms with Crippen molar-refractivity contribution in [1.82, 2.24) is 0 Å². The van der Waals surface area contributed by atoms with Gasteiger partial charge in [-0.15, -0.1) is 4.91 Å². The van der Waals surface area contributed by atoms with Gasteiger partial charge in [0.05, 0.1) is 30.0 Å². The van der Waals surface area contributed by atoms with Crippen LogP contribution in [0.2, 0.25) is 0 Å². The van der Waals surface area contributed by atoms with Crippen LogP contribution >= 0.6 is 0 Å². The van der Waals surface area contributed by atoms with Gasteiger partial charge >= 0.3 is 63.3 Å². The van der Waals surface area contributed by atoms with E-state index in [1.54, 1.807) is 12.1 Å². The van der Waals surface area contributed by atoms with Crippen LogP contribution in [0.5, 0.6) is 0 Å². The molecule has 34 heavy (non-hydrogen) atoms. The zero-order valence-corrected chi connectivity index (χ0v) is 22.2. The summed E-state index contributed by atoms with van der Waals surface area (Å²) in [4.78, 5) is 43.8. The van der Waals surface area contributed by atoms with Crippen molar-refractivity contribution in [2.24, 2.45) is 5.34 Å². The molecule has 0 aromatic heterocycles. The molecule has 11 nitrogen and oxygen atoms in total. The van der Waals surface area contributed by atoms with E-state index in [1.165, 1.54) is 31.7 Å². The number of nitrogens with zero attached hydrogens (tertiary/aromatic N) is 2. The van der Waals surface area contributed by atoms with Crippen LogP contribution in [0.1, 0.15) is 36.8 Å². The van der Waals surface area contributed by atoms with Gasteiger partial charge in [-0.2, -0.15) is 0 Å². The van der Waals surface area contributed by atoms with E-state index in [2.05, 4.69) is 4.99 Å². The number of esters is 2. The Hall–Kier alpha value is -2.22. The van der Waals surface area contributed by atoms with Gasteiger partial charge in [0.1, 0.15) is 5.34 Å². The van der Waals surface area contributed by atoms with Crippen LogP contribution < -0.4 is 56.6 Å². The van der Waals surface area contributed by atoms with E-state index in [4.69, 9.17) is 19.6 Å². The van der Waals surface area contributed by atoms with Crippen LogP contribution in [0, 0.1) is 15.0 Å². The number of benzene rings is 2. The summed E-state index contributed by atoms with van der Waals surface area (Å²) in [6, 6.07) is 15.9. The predicted octanol–water partition coefficient (Wildman–Crippen LogP) is -0.346. The molecular formula is C22H23KN2O9. The Labute approximate surface area is 238 Å². The van der Waals surface area contributed by atoms with Crippen LogP contribution in [0.25, 0.3) is 0 Å². The first kappa shape index (κ1) is 29.8. The SMILES string of the molecule is COC(=O)C1(c2ccc([N+](=O)[O-])cc2)CC1.COC(=O)C1(c2ccccc2)CC1.O=NO[O-].[K+]. The topological polar surface area (TPSA) is 157 Å². The summed E-state index contributed by atoms with van der Waals surface area (Å²) in [5, 5.41) is 20.2. The molecule has 0 amide bonds.